The molecule has 0 unspecified atom stereocenters. The number of hydrogen-bond donors (Lipinski definition) is 0. The fourth-order valence-corrected chi connectivity index (χ4v) is 3.19. The summed E-state index contributed by atoms with van der Waals surface area (Å²) in [6.45, 7) is 1.000. The van der Waals surface area contributed by atoms with Gasteiger partial charge in [0.2, 0.25) is 0 Å². The van der Waals surface area contributed by atoms with Gasteiger partial charge in [-0.15, -0.1) is 0 Å². The highest BCUT2D eigenvalue weighted by Gasteiger charge is 2.30. The van der Waals surface area contributed by atoms with Crippen LogP contribution >= 0.6 is 11.6 Å². The molecule has 2 aromatic carbocycles. The van der Waals surface area contributed by atoms with Crippen LogP contribution in [0, 0.1) is 10.1 Å². The number of halogens is 4. The third kappa shape index (κ3) is 3.17. The van der Waals surface area contributed by atoms with Crippen molar-refractivity contribution < 1.29 is 18.1 Å². The minimum Gasteiger partial charge on any atom is -0.365 e. The van der Waals surface area contributed by atoms with Crippen molar-refractivity contribution >= 4 is 23.0 Å². The fourth-order valence-electron chi connectivity index (χ4n) is 2.84. The second kappa shape index (κ2) is 5.98. The minimum absolute atomic E-state index is 0.0601. The number of anilines is 1. The van der Waals surface area contributed by atoms with Gasteiger partial charge >= 0.3 is 6.18 Å². The second-order valence-corrected chi connectivity index (χ2v) is 5.97. The highest BCUT2D eigenvalue weighted by atomic mass is 35.5. The van der Waals surface area contributed by atoms with Crippen molar-refractivity contribution in [3.63, 3.8) is 0 Å². The lowest BCUT2D eigenvalue weighted by molar-refractivity contribution is -0.384. The number of benzene rings is 2. The topological polar surface area (TPSA) is 46.4 Å². The molecule has 0 fully saturated rings. The van der Waals surface area contributed by atoms with E-state index in [0.29, 0.717) is 30.8 Å². The summed E-state index contributed by atoms with van der Waals surface area (Å²) in [6, 6.07) is 7.74. The Hall–Kier alpha value is -2.28. The molecule has 24 heavy (non-hydrogen) atoms. The van der Waals surface area contributed by atoms with Crippen LogP contribution in [0.2, 0.25) is 5.02 Å². The van der Waals surface area contributed by atoms with E-state index in [2.05, 4.69) is 0 Å². The Morgan fingerprint density at radius 2 is 1.88 bits per heavy atom. The lowest BCUT2D eigenvalue weighted by Crippen LogP contribution is -2.20. The average Bonchev–Trinajstić information content (AvgIpc) is 2.90. The monoisotopic (exact) mass is 356 g/mol. The summed E-state index contributed by atoms with van der Waals surface area (Å²) in [5.74, 6) is 0. The SMILES string of the molecule is O=[N+]([O-])c1cc(Cl)c2c(c1)CCN2Cc1ccc(C(F)(F)F)cc1. The summed E-state index contributed by atoms with van der Waals surface area (Å²) in [5.41, 5.74) is 1.45. The van der Waals surface area contributed by atoms with E-state index in [1.165, 1.54) is 24.3 Å². The van der Waals surface area contributed by atoms with Gasteiger partial charge in [0.1, 0.15) is 0 Å². The Balaban J connectivity index is 1.83. The first-order valence-electron chi connectivity index (χ1n) is 7.13. The first kappa shape index (κ1) is 16.6. The number of rotatable bonds is 3. The van der Waals surface area contributed by atoms with Crippen molar-refractivity contribution in [1.82, 2.24) is 0 Å². The number of nitro groups is 1. The predicted octanol–water partition coefficient (Wildman–Crippen LogP) is 4.83. The van der Waals surface area contributed by atoms with E-state index in [4.69, 9.17) is 11.6 Å². The molecule has 0 bridgehead atoms. The standard InChI is InChI=1S/C16H12ClF3N2O2/c17-14-8-13(22(23)24)7-11-5-6-21(15(11)14)9-10-1-3-12(4-2-10)16(18,19)20/h1-4,7-8H,5-6,9H2. The van der Waals surface area contributed by atoms with Gasteiger partial charge in [-0.05, 0) is 29.7 Å². The van der Waals surface area contributed by atoms with E-state index >= 15 is 0 Å². The van der Waals surface area contributed by atoms with Gasteiger partial charge in [-0.2, -0.15) is 13.2 Å². The van der Waals surface area contributed by atoms with Crippen LogP contribution in [0.25, 0.3) is 0 Å². The Kier molecular flexibility index (Phi) is 4.13. The van der Waals surface area contributed by atoms with E-state index in [9.17, 15) is 23.3 Å². The number of alkyl halides is 3. The van der Waals surface area contributed by atoms with Gasteiger partial charge < -0.3 is 4.90 Å². The number of fused-ring (bicyclic) bond motifs is 1. The molecule has 0 spiro atoms. The van der Waals surface area contributed by atoms with Crippen LogP contribution < -0.4 is 4.90 Å². The molecule has 126 valence electrons. The maximum atomic E-state index is 12.6. The van der Waals surface area contributed by atoms with Crippen LogP contribution in [0.15, 0.2) is 36.4 Å². The zero-order valence-corrected chi connectivity index (χ0v) is 13.1. The van der Waals surface area contributed by atoms with Crippen molar-refractivity contribution in [3.8, 4) is 0 Å². The summed E-state index contributed by atoms with van der Waals surface area (Å²) >= 11 is 6.17. The largest absolute Gasteiger partial charge is 0.416 e. The first-order chi connectivity index (χ1) is 11.3. The molecular weight excluding hydrogens is 345 g/mol. The van der Waals surface area contributed by atoms with Gasteiger partial charge in [0.05, 0.1) is 21.2 Å². The van der Waals surface area contributed by atoms with Crippen molar-refractivity contribution in [2.45, 2.75) is 19.1 Å². The van der Waals surface area contributed by atoms with E-state index < -0.39 is 16.7 Å². The third-order valence-corrected chi connectivity index (χ3v) is 4.25. The van der Waals surface area contributed by atoms with Crippen LogP contribution in [-0.2, 0) is 19.1 Å². The molecule has 0 N–H and O–H groups in total. The van der Waals surface area contributed by atoms with E-state index in [1.807, 2.05) is 4.90 Å². The molecule has 8 heteroatoms. The number of hydrogen-bond acceptors (Lipinski definition) is 3. The summed E-state index contributed by atoms with van der Waals surface area (Å²) < 4.78 is 37.8. The van der Waals surface area contributed by atoms with Crippen LogP contribution in [0.1, 0.15) is 16.7 Å². The van der Waals surface area contributed by atoms with E-state index in [0.717, 1.165) is 17.7 Å². The van der Waals surface area contributed by atoms with Gasteiger partial charge in [-0.1, -0.05) is 23.7 Å². The lowest BCUT2D eigenvalue weighted by atomic mass is 10.1. The normalized spacial score (nSPS) is 13.9. The van der Waals surface area contributed by atoms with Crippen LogP contribution in [0.5, 0.6) is 0 Å². The second-order valence-electron chi connectivity index (χ2n) is 5.56. The molecule has 2 aromatic rings. The molecule has 1 aliphatic heterocycles. The minimum atomic E-state index is -4.36. The van der Waals surface area contributed by atoms with Crippen molar-refractivity contribution in [2.75, 3.05) is 11.4 Å². The summed E-state index contributed by atoms with van der Waals surface area (Å²) in [5, 5.41) is 11.2. The molecule has 0 aromatic heterocycles. The molecule has 0 atom stereocenters. The predicted molar refractivity (Wildman–Crippen MR) is 84.3 cm³/mol. The van der Waals surface area contributed by atoms with Crippen molar-refractivity contribution in [3.05, 3.63) is 68.2 Å². The first-order valence-corrected chi connectivity index (χ1v) is 7.51. The molecule has 0 saturated heterocycles. The maximum absolute atomic E-state index is 12.6. The Morgan fingerprint density at radius 1 is 1.21 bits per heavy atom. The van der Waals surface area contributed by atoms with Crippen molar-refractivity contribution in [2.24, 2.45) is 0 Å². The molecule has 4 nitrogen and oxygen atoms in total. The maximum Gasteiger partial charge on any atom is 0.416 e. The Morgan fingerprint density at radius 3 is 2.46 bits per heavy atom. The van der Waals surface area contributed by atoms with Gasteiger partial charge in [0, 0.05) is 25.2 Å². The van der Waals surface area contributed by atoms with Gasteiger partial charge in [0.25, 0.3) is 5.69 Å². The van der Waals surface area contributed by atoms with Gasteiger partial charge in [-0.25, -0.2) is 0 Å². The number of nitrogens with zero attached hydrogens (tertiary/aromatic N) is 2. The van der Waals surface area contributed by atoms with E-state index in [-0.39, 0.29) is 10.7 Å². The van der Waals surface area contributed by atoms with Crippen LogP contribution in [0.3, 0.4) is 0 Å². The fraction of sp³-hybridized carbons (Fsp3) is 0.250. The quantitative estimate of drug-likeness (QED) is 0.584. The molecule has 3 rings (SSSR count). The summed E-state index contributed by atoms with van der Waals surface area (Å²) in [4.78, 5) is 12.3. The summed E-state index contributed by atoms with van der Waals surface area (Å²) in [6.07, 6.45) is -3.75. The average molecular weight is 357 g/mol. The Labute approximate surface area is 140 Å². The molecular formula is C16H12ClF3N2O2. The van der Waals surface area contributed by atoms with Gasteiger partial charge in [-0.3, -0.25) is 10.1 Å². The number of nitro benzene ring substituents is 1. The Bertz CT molecular complexity index is 791. The van der Waals surface area contributed by atoms with Gasteiger partial charge in [0.15, 0.2) is 0 Å². The number of non-ortho nitro benzene ring substituents is 1. The third-order valence-electron chi connectivity index (χ3n) is 3.96. The highest BCUT2D eigenvalue weighted by Crippen LogP contribution is 2.39. The van der Waals surface area contributed by atoms with Crippen LogP contribution in [-0.4, -0.2) is 11.5 Å². The molecule has 0 saturated carbocycles. The zero-order chi connectivity index (χ0) is 17.5. The molecule has 1 aliphatic rings. The summed E-state index contributed by atoms with van der Waals surface area (Å²) in [7, 11) is 0. The van der Waals surface area contributed by atoms with E-state index in [1.54, 1.807) is 0 Å². The molecule has 0 radical (unpaired) electrons. The highest BCUT2D eigenvalue weighted by molar-refractivity contribution is 6.33. The molecule has 1 heterocycles. The molecule has 0 amide bonds. The van der Waals surface area contributed by atoms with Crippen LogP contribution in [0.4, 0.5) is 24.5 Å². The zero-order valence-electron chi connectivity index (χ0n) is 12.3. The smallest absolute Gasteiger partial charge is 0.365 e. The molecule has 0 aliphatic carbocycles. The van der Waals surface area contributed by atoms with Crippen molar-refractivity contribution in [1.29, 1.82) is 0 Å². The lowest BCUT2D eigenvalue weighted by Gasteiger charge is -2.21.